The lowest BCUT2D eigenvalue weighted by Gasteiger charge is -2.34. The van der Waals surface area contributed by atoms with Crippen molar-refractivity contribution in [3.63, 3.8) is 0 Å². The maximum Gasteiger partial charge on any atom is 0.133 e. The highest BCUT2D eigenvalue weighted by Crippen LogP contribution is 2.26. The van der Waals surface area contributed by atoms with E-state index in [1.165, 1.54) is 11.1 Å². The van der Waals surface area contributed by atoms with Crippen molar-refractivity contribution in [1.29, 1.82) is 0 Å². The molecule has 210 valence electrons. The molecule has 1 aliphatic rings. The Hall–Kier alpha value is -4.49. The average molecular weight is 546 g/mol. The van der Waals surface area contributed by atoms with E-state index in [0.29, 0.717) is 11.4 Å². The lowest BCUT2D eigenvalue weighted by molar-refractivity contribution is 0.312. The zero-order valence-corrected chi connectivity index (χ0v) is 24.3. The summed E-state index contributed by atoms with van der Waals surface area (Å²) in [5.74, 6) is 1.01. The minimum Gasteiger partial charge on any atom is -0.354 e. The molecule has 5 rings (SSSR count). The first-order chi connectivity index (χ1) is 19.9. The van der Waals surface area contributed by atoms with Crippen molar-refractivity contribution in [2.75, 3.05) is 43.4 Å². The van der Waals surface area contributed by atoms with Crippen LogP contribution in [0.4, 0.5) is 11.5 Å². The van der Waals surface area contributed by atoms with Crippen molar-refractivity contribution in [3.05, 3.63) is 112 Å². The second kappa shape index (κ2) is 12.8. The second-order valence-electron chi connectivity index (χ2n) is 10.7. The van der Waals surface area contributed by atoms with Crippen molar-refractivity contribution in [3.8, 4) is 0 Å². The molecule has 1 saturated heterocycles. The molecule has 0 unspecified atom stereocenters. The van der Waals surface area contributed by atoms with Crippen molar-refractivity contribution < 1.29 is 0 Å². The number of benzene rings is 1. The number of pyridine rings is 2. The van der Waals surface area contributed by atoms with E-state index in [2.05, 4.69) is 112 Å². The third-order valence-electron chi connectivity index (χ3n) is 7.75. The first kappa shape index (κ1) is 28.1. The van der Waals surface area contributed by atoms with Gasteiger partial charge in [-0.25, -0.2) is 4.98 Å². The highest BCUT2D eigenvalue weighted by Gasteiger charge is 2.18. The molecule has 0 aliphatic carbocycles. The van der Waals surface area contributed by atoms with Crippen LogP contribution in [0.2, 0.25) is 0 Å². The second-order valence-corrected chi connectivity index (χ2v) is 10.7. The number of anilines is 2. The van der Waals surface area contributed by atoms with Gasteiger partial charge in [-0.2, -0.15) is 5.10 Å². The summed E-state index contributed by atoms with van der Waals surface area (Å²) in [6.07, 6.45) is 11.8. The van der Waals surface area contributed by atoms with Crippen LogP contribution in [0.3, 0.4) is 0 Å². The number of hydrogen-bond acceptors (Lipinski definition) is 6. The van der Waals surface area contributed by atoms with Gasteiger partial charge in [-0.15, -0.1) is 0 Å². The number of aryl methyl sites for hydroxylation is 2. The van der Waals surface area contributed by atoms with E-state index in [4.69, 9.17) is 0 Å². The van der Waals surface area contributed by atoms with Gasteiger partial charge in [0.1, 0.15) is 11.5 Å². The van der Waals surface area contributed by atoms with Crippen LogP contribution in [0, 0.1) is 6.92 Å². The van der Waals surface area contributed by atoms with Gasteiger partial charge in [0.05, 0.1) is 11.0 Å². The molecule has 2 N–H and O–H groups in total. The molecule has 4 heterocycles. The first-order valence-electron chi connectivity index (χ1n) is 14.1. The van der Waals surface area contributed by atoms with Crippen molar-refractivity contribution >= 4 is 35.4 Å². The molecule has 4 aromatic rings. The number of aromatic nitrogens is 4. The fourth-order valence-electron chi connectivity index (χ4n) is 5.06. The Morgan fingerprint density at radius 3 is 2.59 bits per heavy atom. The van der Waals surface area contributed by atoms with Crippen LogP contribution in [-0.2, 0) is 12.8 Å². The molecule has 7 heteroatoms. The predicted molar refractivity (Wildman–Crippen MR) is 171 cm³/mol. The fraction of sp³-hybridized carbons (Fsp3) is 0.265. The van der Waals surface area contributed by atoms with Gasteiger partial charge in [-0.05, 0) is 74.2 Å². The Morgan fingerprint density at radius 2 is 1.80 bits per heavy atom. The van der Waals surface area contributed by atoms with Crippen LogP contribution in [-0.4, -0.2) is 58.3 Å². The predicted octanol–water partition coefficient (Wildman–Crippen LogP) is 4.42. The summed E-state index contributed by atoms with van der Waals surface area (Å²) in [5, 5.41) is 12.8. The van der Waals surface area contributed by atoms with Crippen LogP contribution in [0.15, 0.2) is 73.7 Å². The number of aromatic amines is 1. The normalized spacial score (nSPS) is 14.9. The minimum absolute atomic E-state index is 0.695. The first-order valence-corrected chi connectivity index (χ1v) is 14.1. The number of rotatable bonds is 9. The number of nitrogens with one attached hydrogen (secondary N) is 2. The molecule has 1 aliphatic heterocycles. The van der Waals surface area contributed by atoms with Crippen molar-refractivity contribution in [2.24, 2.45) is 0 Å². The molecular weight excluding hydrogens is 506 g/mol. The molecule has 1 aromatic carbocycles. The largest absolute Gasteiger partial charge is 0.354 e. The highest BCUT2D eigenvalue weighted by molar-refractivity contribution is 5.77. The van der Waals surface area contributed by atoms with Crippen LogP contribution in [0.5, 0.6) is 0 Å². The molecule has 0 spiro atoms. The van der Waals surface area contributed by atoms with Crippen LogP contribution >= 0.6 is 0 Å². The summed E-state index contributed by atoms with van der Waals surface area (Å²) in [5.41, 5.74) is 8.27. The van der Waals surface area contributed by atoms with E-state index >= 15 is 0 Å². The van der Waals surface area contributed by atoms with Crippen LogP contribution in [0.25, 0.3) is 23.9 Å². The summed E-state index contributed by atoms with van der Waals surface area (Å²) < 4.78 is 0. The number of piperazine rings is 1. The Bertz CT molecular complexity index is 1640. The van der Waals surface area contributed by atoms with Gasteiger partial charge in [0.25, 0.3) is 0 Å². The molecule has 1 fully saturated rings. The number of hydrogen-bond donors (Lipinski definition) is 2. The maximum absolute atomic E-state index is 4.67. The molecule has 0 amide bonds. The van der Waals surface area contributed by atoms with E-state index in [-0.39, 0.29) is 0 Å². The number of H-pyrrole nitrogens is 1. The molecule has 0 radical (unpaired) electrons. The summed E-state index contributed by atoms with van der Waals surface area (Å²) >= 11 is 0. The monoisotopic (exact) mass is 545 g/mol. The molecule has 7 nitrogen and oxygen atoms in total. The number of nitrogens with zero attached hydrogens (tertiary/aromatic N) is 5. The number of allylic oxidation sites excluding steroid dienone is 2. The van der Waals surface area contributed by atoms with E-state index in [1.807, 2.05) is 30.7 Å². The summed E-state index contributed by atoms with van der Waals surface area (Å²) in [4.78, 5) is 13.9. The smallest absolute Gasteiger partial charge is 0.133 e. The summed E-state index contributed by atoms with van der Waals surface area (Å²) in [7, 11) is 2.16. The minimum atomic E-state index is 0.695. The van der Waals surface area contributed by atoms with Gasteiger partial charge in [-0.1, -0.05) is 49.6 Å². The van der Waals surface area contributed by atoms with Crippen LogP contribution in [0.1, 0.15) is 34.9 Å². The topological polar surface area (TPSA) is 73.0 Å². The molecule has 3 aromatic heterocycles. The zero-order chi connectivity index (χ0) is 28.8. The quantitative estimate of drug-likeness (QED) is 0.324. The van der Waals surface area contributed by atoms with Gasteiger partial charge in [0, 0.05) is 61.2 Å². The van der Waals surface area contributed by atoms with E-state index in [0.717, 1.165) is 77.8 Å². The Labute approximate surface area is 242 Å². The van der Waals surface area contributed by atoms with E-state index in [1.54, 1.807) is 0 Å². The lowest BCUT2D eigenvalue weighted by Crippen LogP contribution is -2.45. The van der Waals surface area contributed by atoms with Gasteiger partial charge in [-0.3, -0.25) is 10.1 Å². The average Bonchev–Trinajstić information content (AvgIpc) is 3.37. The summed E-state index contributed by atoms with van der Waals surface area (Å²) in [6.45, 7) is 16.8. The van der Waals surface area contributed by atoms with Gasteiger partial charge in [0.15, 0.2) is 0 Å². The Morgan fingerprint density at radius 1 is 1.05 bits per heavy atom. The molecular formula is C34H39N7. The zero-order valence-electron chi connectivity index (χ0n) is 24.3. The fourth-order valence-corrected chi connectivity index (χ4v) is 5.06. The standard InChI is InChI=1S/C34H39N7/c1-24(30-21-29(22-35-23-30)13-12-28-9-7-6-8-10-28)11-14-32-25(2)33(39-38-32)27(4)37-31-15-16-36-34(26(31)3)41-19-17-40(5)18-20-41/h6-11,14-16,21-23,38H,2,4,12-13,17-20H2,1,3,5H3,(H,36,37)/b24-11+,32-14+. The molecule has 0 saturated carbocycles. The van der Waals surface area contributed by atoms with Crippen molar-refractivity contribution in [1.82, 2.24) is 25.1 Å². The maximum atomic E-state index is 4.67. The SMILES string of the molecule is C=C(Nc1ccnc(N2CCN(C)CC2)c1C)c1n[nH]/c(=C/C=C(\C)c2cncc(CCc3ccccc3)c2)c1=C. The molecule has 0 bridgehead atoms. The summed E-state index contributed by atoms with van der Waals surface area (Å²) in [6, 6.07) is 14.8. The van der Waals surface area contributed by atoms with Gasteiger partial charge >= 0.3 is 0 Å². The molecule has 41 heavy (non-hydrogen) atoms. The molecule has 0 atom stereocenters. The third-order valence-corrected chi connectivity index (χ3v) is 7.75. The van der Waals surface area contributed by atoms with E-state index in [9.17, 15) is 0 Å². The lowest BCUT2D eigenvalue weighted by atomic mass is 10.0. The number of likely N-dealkylation sites (N-methyl/N-ethyl adjacent to an activating group) is 1. The van der Waals surface area contributed by atoms with Gasteiger partial charge in [0.2, 0.25) is 0 Å². The van der Waals surface area contributed by atoms with Crippen LogP contribution < -0.4 is 20.8 Å². The van der Waals surface area contributed by atoms with E-state index < -0.39 is 0 Å². The van der Waals surface area contributed by atoms with Gasteiger partial charge < -0.3 is 15.1 Å². The Kier molecular flexibility index (Phi) is 8.75. The highest BCUT2D eigenvalue weighted by atomic mass is 15.3. The van der Waals surface area contributed by atoms with Crippen molar-refractivity contribution in [2.45, 2.75) is 26.7 Å². The third kappa shape index (κ3) is 6.81. The Balaban J connectivity index is 1.28.